The lowest BCUT2D eigenvalue weighted by Gasteiger charge is -2.07. The van der Waals surface area contributed by atoms with Crippen LogP contribution in [0.5, 0.6) is 5.88 Å². The SMILES string of the molecule is COc1ccc(-c2ccc(N)c(C(C)=O)c2)cn1. The smallest absolute Gasteiger partial charge is 0.212 e. The number of carbonyl (C=O) groups excluding carboxylic acids is 1. The van der Waals surface area contributed by atoms with Gasteiger partial charge in [0.2, 0.25) is 5.88 Å². The molecule has 2 aromatic rings. The number of ether oxygens (including phenoxy) is 1. The number of carbonyl (C=O) groups is 1. The van der Waals surface area contributed by atoms with Crippen molar-refractivity contribution in [2.45, 2.75) is 6.92 Å². The summed E-state index contributed by atoms with van der Waals surface area (Å²) in [7, 11) is 1.57. The summed E-state index contributed by atoms with van der Waals surface area (Å²) in [4.78, 5) is 15.6. The van der Waals surface area contributed by atoms with E-state index in [1.54, 1.807) is 31.5 Å². The van der Waals surface area contributed by atoms with Gasteiger partial charge in [0.15, 0.2) is 5.78 Å². The number of nitrogens with two attached hydrogens (primary N) is 1. The third-order valence-corrected chi connectivity index (χ3v) is 2.71. The largest absolute Gasteiger partial charge is 0.481 e. The molecule has 0 saturated heterocycles. The van der Waals surface area contributed by atoms with Crippen molar-refractivity contribution in [3.63, 3.8) is 0 Å². The van der Waals surface area contributed by atoms with Gasteiger partial charge in [0.05, 0.1) is 7.11 Å². The maximum atomic E-state index is 11.4. The Morgan fingerprint density at radius 2 is 1.94 bits per heavy atom. The van der Waals surface area contributed by atoms with E-state index in [0.717, 1.165) is 11.1 Å². The highest BCUT2D eigenvalue weighted by atomic mass is 16.5. The molecule has 0 aliphatic heterocycles. The molecule has 2 rings (SSSR count). The summed E-state index contributed by atoms with van der Waals surface area (Å²) in [6.45, 7) is 1.50. The van der Waals surface area contributed by atoms with Crippen LogP contribution in [0.4, 0.5) is 5.69 Å². The van der Waals surface area contributed by atoms with E-state index in [4.69, 9.17) is 10.5 Å². The van der Waals surface area contributed by atoms with Crippen LogP contribution in [0.25, 0.3) is 11.1 Å². The molecule has 0 aliphatic rings. The predicted octanol–water partition coefficient (Wildman–Crippen LogP) is 2.54. The van der Waals surface area contributed by atoms with Crippen LogP contribution in [-0.2, 0) is 0 Å². The van der Waals surface area contributed by atoms with Crippen LogP contribution in [-0.4, -0.2) is 17.9 Å². The molecule has 0 fully saturated rings. The molecule has 1 aromatic heterocycles. The zero-order valence-corrected chi connectivity index (χ0v) is 10.3. The van der Waals surface area contributed by atoms with Gasteiger partial charge >= 0.3 is 0 Å². The summed E-state index contributed by atoms with van der Waals surface area (Å²) in [5.74, 6) is 0.511. The van der Waals surface area contributed by atoms with Gasteiger partial charge in [-0.25, -0.2) is 4.98 Å². The molecule has 0 bridgehead atoms. The topological polar surface area (TPSA) is 65.2 Å². The van der Waals surface area contributed by atoms with Crippen molar-refractivity contribution >= 4 is 11.5 Å². The van der Waals surface area contributed by atoms with Crippen LogP contribution in [0.1, 0.15) is 17.3 Å². The van der Waals surface area contributed by atoms with Crippen molar-refractivity contribution < 1.29 is 9.53 Å². The number of benzene rings is 1. The summed E-state index contributed by atoms with van der Waals surface area (Å²) >= 11 is 0. The molecule has 92 valence electrons. The number of pyridine rings is 1. The lowest BCUT2D eigenvalue weighted by Crippen LogP contribution is -1.99. The van der Waals surface area contributed by atoms with E-state index in [-0.39, 0.29) is 5.78 Å². The van der Waals surface area contributed by atoms with Gasteiger partial charge in [0, 0.05) is 29.1 Å². The number of nitrogens with zero attached hydrogens (tertiary/aromatic N) is 1. The van der Waals surface area contributed by atoms with Crippen LogP contribution in [0, 0.1) is 0 Å². The summed E-state index contributed by atoms with van der Waals surface area (Å²) in [6, 6.07) is 9.04. The van der Waals surface area contributed by atoms with Crippen LogP contribution < -0.4 is 10.5 Å². The Morgan fingerprint density at radius 3 is 2.50 bits per heavy atom. The molecule has 18 heavy (non-hydrogen) atoms. The molecule has 0 spiro atoms. The minimum atomic E-state index is -0.0455. The maximum absolute atomic E-state index is 11.4. The predicted molar refractivity (Wildman–Crippen MR) is 70.6 cm³/mol. The van der Waals surface area contributed by atoms with Crippen molar-refractivity contribution in [1.29, 1.82) is 0 Å². The van der Waals surface area contributed by atoms with E-state index in [9.17, 15) is 4.79 Å². The van der Waals surface area contributed by atoms with Crippen molar-refractivity contribution in [1.82, 2.24) is 4.98 Å². The molecular weight excluding hydrogens is 228 g/mol. The van der Waals surface area contributed by atoms with Gasteiger partial charge in [0.1, 0.15) is 0 Å². The molecule has 1 heterocycles. The number of nitrogen functional groups attached to an aromatic ring is 1. The fourth-order valence-corrected chi connectivity index (χ4v) is 1.71. The molecule has 0 amide bonds. The average molecular weight is 242 g/mol. The van der Waals surface area contributed by atoms with Crippen LogP contribution in [0.2, 0.25) is 0 Å². The maximum Gasteiger partial charge on any atom is 0.212 e. The minimum Gasteiger partial charge on any atom is -0.481 e. The summed E-state index contributed by atoms with van der Waals surface area (Å²) in [5, 5.41) is 0. The summed E-state index contributed by atoms with van der Waals surface area (Å²) in [5.41, 5.74) is 8.60. The third-order valence-electron chi connectivity index (χ3n) is 2.71. The number of rotatable bonds is 3. The normalized spacial score (nSPS) is 10.1. The summed E-state index contributed by atoms with van der Waals surface area (Å²) < 4.78 is 5.00. The van der Waals surface area contributed by atoms with Gasteiger partial charge in [0.25, 0.3) is 0 Å². The zero-order valence-electron chi connectivity index (χ0n) is 10.3. The number of anilines is 1. The average Bonchev–Trinajstić information content (AvgIpc) is 2.39. The second-order valence-corrected chi connectivity index (χ2v) is 3.95. The van der Waals surface area contributed by atoms with Gasteiger partial charge in [-0.1, -0.05) is 6.07 Å². The molecule has 4 nitrogen and oxygen atoms in total. The third kappa shape index (κ3) is 2.32. The molecule has 0 aliphatic carbocycles. The van der Waals surface area contributed by atoms with Crippen LogP contribution in [0.15, 0.2) is 36.5 Å². The van der Waals surface area contributed by atoms with Gasteiger partial charge in [-0.15, -0.1) is 0 Å². The van der Waals surface area contributed by atoms with Crippen LogP contribution >= 0.6 is 0 Å². The number of methoxy groups -OCH3 is 1. The molecule has 0 unspecified atom stereocenters. The first-order valence-electron chi connectivity index (χ1n) is 5.52. The molecule has 0 radical (unpaired) electrons. The first-order valence-corrected chi connectivity index (χ1v) is 5.52. The molecule has 0 atom stereocenters. The zero-order chi connectivity index (χ0) is 13.1. The fourth-order valence-electron chi connectivity index (χ4n) is 1.71. The lowest BCUT2D eigenvalue weighted by molar-refractivity contribution is 0.101. The Bertz CT molecular complexity index is 577. The lowest BCUT2D eigenvalue weighted by atomic mass is 10.0. The van der Waals surface area contributed by atoms with Crippen molar-refractivity contribution in [3.8, 4) is 17.0 Å². The van der Waals surface area contributed by atoms with Gasteiger partial charge in [-0.3, -0.25) is 4.79 Å². The van der Waals surface area contributed by atoms with Crippen molar-refractivity contribution in [2.24, 2.45) is 0 Å². The first-order chi connectivity index (χ1) is 8.61. The number of hydrogen-bond acceptors (Lipinski definition) is 4. The monoisotopic (exact) mass is 242 g/mol. The minimum absolute atomic E-state index is 0.0455. The highest BCUT2D eigenvalue weighted by molar-refractivity contribution is 6.00. The number of hydrogen-bond donors (Lipinski definition) is 1. The Labute approximate surface area is 105 Å². The van der Waals surface area contributed by atoms with Gasteiger partial charge in [-0.05, 0) is 30.7 Å². The van der Waals surface area contributed by atoms with Gasteiger partial charge < -0.3 is 10.5 Å². The Balaban J connectivity index is 2.44. The van der Waals surface area contributed by atoms with E-state index in [1.807, 2.05) is 12.1 Å². The number of aromatic nitrogens is 1. The Morgan fingerprint density at radius 1 is 1.22 bits per heavy atom. The van der Waals surface area contributed by atoms with E-state index >= 15 is 0 Å². The van der Waals surface area contributed by atoms with Crippen molar-refractivity contribution in [3.05, 3.63) is 42.1 Å². The van der Waals surface area contributed by atoms with E-state index in [1.165, 1.54) is 6.92 Å². The number of ketones is 1. The van der Waals surface area contributed by atoms with E-state index in [2.05, 4.69) is 4.98 Å². The Hall–Kier alpha value is -2.36. The molecule has 1 aromatic carbocycles. The molecule has 4 heteroatoms. The second kappa shape index (κ2) is 4.87. The van der Waals surface area contributed by atoms with Crippen LogP contribution in [0.3, 0.4) is 0 Å². The fraction of sp³-hybridized carbons (Fsp3) is 0.143. The number of Topliss-reactive ketones (excluding diaryl/α,β-unsaturated/α-hetero) is 1. The molecule has 0 saturated carbocycles. The molecular formula is C14H14N2O2. The van der Waals surface area contributed by atoms with Gasteiger partial charge in [-0.2, -0.15) is 0 Å². The highest BCUT2D eigenvalue weighted by Gasteiger charge is 2.07. The standard InChI is InChI=1S/C14H14N2O2/c1-9(17)12-7-10(3-5-13(12)15)11-4-6-14(18-2)16-8-11/h3-8H,15H2,1-2H3. The second-order valence-electron chi connectivity index (χ2n) is 3.95. The Kier molecular flexibility index (Phi) is 3.28. The molecule has 2 N–H and O–H groups in total. The highest BCUT2D eigenvalue weighted by Crippen LogP contribution is 2.24. The summed E-state index contributed by atoms with van der Waals surface area (Å²) in [6.07, 6.45) is 1.70. The first kappa shape index (κ1) is 12.1. The van der Waals surface area contributed by atoms with E-state index in [0.29, 0.717) is 17.1 Å². The van der Waals surface area contributed by atoms with Crippen molar-refractivity contribution in [2.75, 3.05) is 12.8 Å². The van der Waals surface area contributed by atoms with E-state index < -0.39 is 0 Å². The quantitative estimate of drug-likeness (QED) is 0.663.